The van der Waals surface area contributed by atoms with E-state index in [1.807, 2.05) is 29.0 Å². The summed E-state index contributed by atoms with van der Waals surface area (Å²) >= 11 is 0. The molecule has 0 aromatic carbocycles. The van der Waals surface area contributed by atoms with Crippen molar-refractivity contribution in [2.75, 3.05) is 46.4 Å². The minimum atomic E-state index is 0.0102. The molecule has 2 saturated heterocycles. The Morgan fingerprint density at radius 2 is 1.96 bits per heavy atom. The minimum Gasteiger partial charge on any atom is -0.395 e. The molecule has 2 aliphatic heterocycles. The Kier molecular flexibility index (Phi) is 6.44. The van der Waals surface area contributed by atoms with Crippen LogP contribution in [-0.4, -0.2) is 83.0 Å². The molecule has 3 heterocycles. The van der Waals surface area contributed by atoms with Crippen molar-refractivity contribution >= 4 is 11.8 Å². The number of β-amino-alcohol motifs (C(OH)–C–C–N with tert-alkyl or cyclic N) is 1. The van der Waals surface area contributed by atoms with E-state index >= 15 is 0 Å². The molecule has 2 fully saturated rings. The topological polar surface area (TPSA) is 77.0 Å². The summed E-state index contributed by atoms with van der Waals surface area (Å²) in [6.45, 7) is 3.79. The van der Waals surface area contributed by atoms with Crippen molar-refractivity contribution in [3.8, 4) is 0 Å². The maximum absolute atomic E-state index is 12.7. The molecule has 1 aromatic heterocycles. The third-order valence-corrected chi connectivity index (χ3v) is 5.90. The molecule has 1 N–H and O–H groups in total. The number of aliphatic hydroxyl groups excluding tert-OH is 1. The molecule has 3 rings (SSSR count). The predicted molar refractivity (Wildman–Crippen MR) is 102 cm³/mol. The number of likely N-dealkylation sites (N-methyl/N-ethyl adjacent to an activating group) is 1. The van der Waals surface area contributed by atoms with Crippen LogP contribution in [0.1, 0.15) is 31.2 Å². The van der Waals surface area contributed by atoms with Gasteiger partial charge in [-0.05, 0) is 49.4 Å². The van der Waals surface area contributed by atoms with Crippen LogP contribution in [-0.2, 0) is 16.1 Å². The molecule has 2 aliphatic rings. The lowest BCUT2D eigenvalue weighted by Gasteiger charge is -2.47. The van der Waals surface area contributed by atoms with Crippen LogP contribution < -0.4 is 0 Å². The smallest absolute Gasteiger partial charge is 0.236 e. The third kappa shape index (κ3) is 5.05. The van der Waals surface area contributed by atoms with Crippen LogP contribution in [0.15, 0.2) is 24.5 Å². The summed E-state index contributed by atoms with van der Waals surface area (Å²) in [5.74, 6) is 0.312. The second-order valence-corrected chi connectivity index (χ2v) is 7.95. The van der Waals surface area contributed by atoms with Crippen molar-refractivity contribution < 1.29 is 14.7 Å². The van der Waals surface area contributed by atoms with Gasteiger partial charge in [-0.25, -0.2) is 0 Å². The van der Waals surface area contributed by atoms with Crippen molar-refractivity contribution in [1.82, 2.24) is 19.7 Å². The van der Waals surface area contributed by atoms with Crippen LogP contribution in [0, 0.1) is 5.41 Å². The second kappa shape index (κ2) is 8.80. The third-order valence-electron chi connectivity index (χ3n) is 5.90. The van der Waals surface area contributed by atoms with E-state index in [1.165, 1.54) is 0 Å². The highest BCUT2D eigenvalue weighted by Crippen LogP contribution is 2.40. The Bertz CT molecular complexity index is 644. The molecule has 0 atom stereocenters. The zero-order valence-corrected chi connectivity index (χ0v) is 16.1. The maximum Gasteiger partial charge on any atom is 0.236 e. The van der Waals surface area contributed by atoms with E-state index in [2.05, 4.69) is 4.98 Å². The Labute approximate surface area is 161 Å². The second-order valence-electron chi connectivity index (χ2n) is 7.95. The fourth-order valence-electron chi connectivity index (χ4n) is 4.25. The molecule has 7 nitrogen and oxygen atoms in total. The van der Waals surface area contributed by atoms with Gasteiger partial charge in [0.1, 0.15) is 0 Å². The van der Waals surface area contributed by atoms with Crippen molar-refractivity contribution in [3.63, 3.8) is 0 Å². The number of piperidine rings is 2. The average Bonchev–Trinajstić information content (AvgIpc) is 2.66. The van der Waals surface area contributed by atoms with E-state index in [1.54, 1.807) is 17.3 Å². The van der Waals surface area contributed by atoms with E-state index in [0.29, 0.717) is 19.5 Å². The number of likely N-dealkylation sites (tertiary alicyclic amines) is 2. The van der Waals surface area contributed by atoms with Gasteiger partial charge in [0, 0.05) is 51.5 Å². The molecular formula is C20H30N4O3. The van der Waals surface area contributed by atoms with Crippen LogP contribution in [0.3, 0.4) is 0 Å². The number of amides is 2. The molecule has 0 unspecified atom stereocenters. The standard InChI is InChI=1S/C20H30N4O3/c1-22(14-17-3-8-21-9-4-17)15-19(27)23-10-6-20(7-11-23)5-2-18(26)24(16-20)12-13-25/h3-4,8-9,25H,2,5-7,10-16H2,1H3. The number of rotatable bonds is 6. The van der Waals surface area contributed by atoms with E-state index in [4.69, 9.17) is 0 Å². The molecule has 148 valence electrons. The Balaban J connectivity index is 1.48. The first-order chi connectivity index (χ1) is 13.0. The van der Waals surface area contributed by atoms with E-state index in [0.717, 1.165) is 51.0 Å². The summed E-state index contributed by atoms with van der Waals surface area (Å²) in [7, 11) is 1.96. The number of aliphatic hydroxyl groups is 1. The van der Waals surface area contributed by atoms with Crippen LogP contribution in [0.4, 0.5) is 0 Å². The van der Waals surface area contributed by atoms with Crippen LogP contribution in [0.25, 0.3) is 0 Å². The number of hydrogen-bond acceptors (Lipinski definition) is 5. The normalized spacial score (nSPS) is 19.7. The molecule has 0 aliphatic carbocycles. The number of hydrogen-bond donors (Lipinski definition) is 1. The quantitative estimate of drug-likeness (QED) is 0.795. The van der Waals surface area contributed by atoms with Gasteiger partial charge >= 0.3 is 0 Å². The largest absolute Gasteiger partial charge is 0.395 e. The highest BCUT2D eigenvalue weighted by atomic mass is 16.3. The van der Waals surface area contributed by atoms with Crippen molar-refractivity contribution in [2.45, 2.75) is 32.2 Å². The molecule has 1 aromatic rings. The molecule has 0 bridgehead atoms. The molecule has 0 saturated carbocycles. The lowest BCUT2D eigenvalue weighted by Crippen LogP contribution is -2.53. The number of carbonyl (C=O) groups excluding carboxylic acids is 2. The van der Waals surface area contributed by atoms with Crippen LogP contribution in [0.2, 0.25) is 0 Å². The fraction of sp³-hybridized carbons (Fsp3) is 0.650. The molecule has 27 heavy (non-hydrogen) atoms. The van der Waals surface area contributed by atoms with Crippen molar-refractivity contribution in [1.29, 1.82) is 0 Å². The van der Waals surface area contributed by atoms with Gasteiger partial charge in [0.2, 0.25) is 11.8 Å². The number of nitrogens with zero attached hydrogens (tertiary/aromatic N) is 4. The van der Waals surface area contributed by atoms with Gasteiger partial charge in [0.25, 0.3) is 0 Å². The molecule has 7 heteroatoms. The van der Waals surface area contributed by atoms with Crippen LogP contribution >= 0.6 is 0 Å². The van der Waals surface area contributed by atoms with Gasteiger partial charge < -0.3 is 14.9 Å². The van der Waals surface area contributed by atoms with Gasteiger partial charge in [0.05, 0.1) is 13.2 Å². The number of pyridine rings is 1. The Morgan fingerprint density at radius 3 is 2.63 bits per heavy atom. The van der Waals surface area contributed by atoms with Gasteiger partial charge in [-0.1, -0.05) is 0 Å². The van der Waals surface area contributed by atoms with Crippen molar-refractivity contribution in [2.24, 2.45) is 5.41 Å². The first kappa shape index (κ1) is 19.8. The lowest BCUT2D eigenvalue weighted by molar-refractivity contribution is -0.143. The van der Waals surface area contributed by atoms with Gasteiger partial charge in [-0.15, -0.1) is 0 Å². The number of aromatic nitrogens is 1. The zero-order chi connectivity index (χ0) is 19.3. The average molecular weight is 374 g/mol. The Hall–Kier alpha value is -1.99. The van der Waals surface area contributed by atoms with Crippen molar-refractivity contribution in [3.05, 3.63) is 30.1 Å². The zero-order valence-electron chi connectivity index (χ0n) is 16.1. The first-order valence-corrected chi connectivity index (χ1v) is 9.75. The predicted octanol–water partition coefficient (Wildman–Crippen LogP) is 0.737. The highest BCUT2D eigenvalue weighted by molar-refractivity contribution is 5.78. The number of carbonyl (C=O) groups is 2. The summed E-state index contributed by atoms with van der Waals surface area (Å²) in [5.41, 5.74) is 1.26. The Morgan fingerprint density at radius 1 is 1.26 bits per heavy atom. The SMILES string of the molecule is CN(CC(=O)N1CCC2(CCC(=O)N(CCO)C2)CC1)Cc1ccncc1. The summed E-state index contributed by atoms with van der Waals surface area (Å²) in [6, 6.07) is 3.93. The van der Waals surface area contributed by atoms with E-state index in [9.17, 15) is 14.7 Å². The summed E-state index contributed by atoms with van der Waals surface area (Å²) < 4.78 is 0. The summed E-state index contributed by atoms with van der Waals surface area (Å²) in [6.07, 6.45) is 6.86. The van der Waals surface area contributed by atoms with Gasteiger partial charge in [-0.2, -0.15) is 0 Å². The van der Waals surface area contributed by atoms with E-state index in [-0.39, 0.29) is 23.8 Å². The minimum absolute atomic E-state index is 0.0102. The molecule has 1 spiro atoms. The van der Waals surface area contributed by atoms with E-state index < -0.39 is 0 Å². The summed E-state index contributed by atoms with van der Waals surface area (Å²) in [5, 5.41) is 9.17. The lowest BCUT2D eigenvalue weighted by atomic mass is 9.72. The molecule has 2 amide bonds. The first-order valence-electron chi connectivity index (χ1n) is 9.75. The van der Waals surface area contributed by atoms with Gasteiger partial charge in [-0.3, -0.25) is 19.5 Å². The van der Waals surface area contributed by atoms with Crippen LogP contribution in [0.5, 0.6) is 0 Å². The molecule has 0 radical (unpaired) electrons. The highest BCUT2D eigenvalue weighted by Gasteiger charge is 2.41. The fourth-order valence-corrected chi connectivity index (χ4v) is 4.25. The monoisotopic (exact) mass is 374 g/mol. The molecular weight excluding hydrogens is 344 g/mol. The summed E-state index contributed by atoms with van der Waals surface area (Å²) in [4.78, 5) is 34.5. The maximum atomic E-state index is 12.7. The van der Waals surface area contributed by atoms with Gasteiger partial charge in [0.15, 0.2) is 0 Å².